The molecule has 1 fully saturated rings. The summed E-state index contributed by atoms with van der Waals surface area (Å²) in [6, 6.07) is 16.4. The summed E-state index contributed by atoms with van der Waals surface area (Å²) < 4.78 is 10.9. The number of nitrogens with zero attached hydrogens (tertiary/aromatic N) is 1. The van der Waals surface area contributed by atoms with Crippen LogP contribution >= 0.6 is 0 Å². The second kappa shape index (κ2) is 7.41. The van der Waals surface area contributed by atoms with Gasteiger partial charge in [0.05, 0.1) is 5.41 Å². The van der Waals surface area contributed by atoms with Crippen molar-refractivity contribution in [1.82, 2.24) is 4.98 Å². The Kier molecular flexibility index (Phi) is 4.69. The number of rotatable bonds is 5. The number of pyridine rings is 1. The number of anilines is 1. The fraction of sp³-hybridized carbons (Fsp3) is 0.308. The van der Waals surface area contributed by atoms with Crippen LogP contribution in [0, 0.1) is 6.92 Å². The summed E-state index contributed by atoms with van der Waals surface area (Å²) in [5.41, 5.74) is 4.88. The summed E-state index contributed by atoms with van der Waals surface area (Å²) in [6.45, 7) is 6.59. The van der Waals surface area contributed by atoms with Gasteiger partial charge in [-0.15, -0.1) is 0 Å². The molecule has 1 amide bonds. The Balaban J connectivity index is 0.00000245. The molecular weight excluding hydrogens is 388 g/mol. The monoisotopic (exact) mass is 416 g/mol. The normalized spacial score (nSPS) is 15.7. The lowest BCUT2D eigenvalue weighted by Gasteiger charge is -2.17. The van der Waals surface area contributed by atoms with E-state index < -0.39 is 5.41 Å². The highest BCUT2D eigenvalue weighted by Gasteiger charge is 2.51. The second-order valence-corrected chi connectivity index (χ2v) is 8.77. The predicted molar refractivity (Wildman–Crippen MR) is 123 cm³/mol. The molecule has 2 heterocycles. The molecule has 1 aliphatic heterocycles. The lowest BCUT2D eigenvalue weighted by atomic mass is 9.94. The van der Waals surface area contributed by atoms with E-state index in [0.29, 0.717) is 17.5 Å². The number of amides is 1. The molecule has 1 aliphatic carbocycles. The van der Waals surface area contributed by atoms with Crippen molar-refractivity contribution in [2.45, 2.75) is 44.9 Å². The first-order valence-electron chi connectivity index (χ1n) is 10.7. The van der Waals surface area contributed by atoms with E-state index in [1.165, 1.54) is 5.56 Å². The van der Waals surface area contributed by atoms with Gasteiger partial charge in [0.1, 0.15) is 5.82 Å². The molecule has 31 heavy (non-hydrogen) atoms. The summed E-state index contributed by atoms with van der Waals surface area (Å²) in [4.78, 5) is 17.8. The molecule has 5 nitrogen and oxygen atoms in total. The Morgan fingerprint density at radius 3 is 2.45 bits per heavy atom. The van der Waals surface area contributed by atoms with Crippen LogP contribution in [0.15, 0.2) is 54.7 Å². The van der Waals surface area contributed by atoms with Gasteiger partial charge in [-0.2, -0.15) is 0 Å². The molecule has 5 rings (SSSR count). The highest BCUT2D eigenvalue weighted by atomic mass is 16.7. The Hall–Kier alpha value is -3.34. The number of hydrogen-bond acceptors (Lipinski definition) is 4. The lowest BCUT2D eigenvalue weighted by molar-refractivity contribution is -0.118. The van der Waals surface area contributed by atoms with Crippen molar-refractivity contribution in [3.8, 4) is 22.6 Å². The maximum Gasteiger partial charge on any atom is 0.236 e. The molecule has 2 aromatic carbocycles. The standard InChI is InChI=1S/C26H26N2O3.H2/c1-16(2)18-4-6-19(7-5-18)20-12-17(3)24(27-14-20)28-25(29)26(10-11-26)21-8-9-22-23(13-21)31-15-30-22;/h4-9,12-14,16H,10-11,15H2,1-3H3,(H,27,28,29);1H. The average Bonchev–Trinajstić information content (AvgIpc) is 3.46. The Morgan fingerprint density at radius 2 is 1.77 bits per heavy atom. The van der Waals surface area contributed by atoms with Crippen molar-refractivity contribution in [3.63, 3.8) is 0 Å². The van der Waals surface area contributed by atoms with Gasteiger partial charge in [0.25, 0.3) is 0 Å². The molecule has 3 aromatic rings. The molecule has 0 radical (unpaired) electrons. The average molecular weight is 417 g/mol. The van der Waals surface area contributed by atoms with Crippen LogP contribution in [-0.4, -0.2) is 17.7 Å². The molecular formula is C26H28N2O3. The third-order valence-corrected chi connectivity index (χ3v) is 6.33. The predicted octanol–water partition coefficient (Wildman–Crippen LogP) is 5.83. The molecule has 1 N–H and O–H groups in total. The maximum absolute atomic E-state index is 13.2. The summed E-state index contributed by atoms with van der Waals surface area (Å²) >= 11 is 0. The van der Waals surface area contributed by atoms with Gasteiger partial charge in [0, 0.05) is 13.2 Å². The number of carbonyl (C=O) groups is 1. The van der Waals surface area contributed by atoms with Crippen LogP contribution in [0.5, 0.6) is 11.5 Å². The van der Waals surface area contributed by atoms with Gasteiger partial charge in [-0.25, -0.2) is 4.98 Å². The zero-order valence-electron chi connectivity index (χ0n) is 18.1. The van der Waals surface area contributed by atoms with Gasteiger partial charge in [0.2, 0.25) is 12.7 Å². The first-order valence-corrected chi connectivity index (χ1v) is 10.7. The number of aromatic nitrogens is 1. The van der Waals surface area contributed by atoms with E-state index in [4.69, 9.17) is 9.47 Å². The van der Waals surface area contributed by atoms with Crippen LogP contribution in [0.2, 0.25) is 0 Å². The Bertz CT molecular complexity index is 1150. The van der Waals surface area contributed by atoms with Gasteiger partial charge in [0.15, 0.2) is 11.5 Å². The zero-order valence-corrected chi connectivity index (χ0v) is 18.1. The van der Waals surface area contributed by atoms with Crippen molar-refractivity contribution >= 4 is 11.7 Å². The van der Waals surface area contributed by atoms with E-state index in [2.05, 4.69) is 54.5 Å². The van der Waals surface area contributed by atoms with E-state index in [0.717, 1.165) is 40.8 Å². The van der Waals surface area contributed by atoms with Gasteiger partial charge >= 0.3 is 0 Å². The summed E-state index contributed by atoms with van der Waals surface area (Å²) in [5.74, 6) is 2.54. The van der Waals surface area contributed by atoms with E-state index in [9.17, 15) is 4.79 Å². The van der Waals surface area contributed by atoms with Gasteiger partial charge in [-0.1, -0.05) is 44.2 Å². The molecule has 1 aromatic heterocycles. The molecule has 2 aliphatic rings. The SMILES string of the molecule is Cc1cc(-c2ccc(C(C)C)cc2)cnc1NC(=O)C1(c2ccc3c(c2)OCO3)CC1.[HH]. The minimum absolute atomic E-state index is 0. The molecule has 0 saturated heterocycles. The summed E-state index contributed by atoms with van der Waals surface area (Å²) in [5, 5.41) is 3.06. The molecule has 160 valence electrons. The molecule has 0 spiro atoms. The number of nitrogens with one attached hydrogen (secondary N) is 1. The van der Waals surface area contributed by atoms with Gasteiger partial charge < -0.3 is 14.8 Å². The number of fused-ring (bicyclic) bond motifs is 1. The van der Waals surface area contributed by atoms with Crippen molar-refractivity contribution in [2.24, 2.45) is 0 Å². The van der Waals surface area contributed by atoms with Crippen LogP contribution in [0.4, 0.5) is 5.82 Å². The second-order valence-electron chi connectivity index (χ2n) is 8.77. The van der Waals surface area contributed by atoms with E-state index in [1.54, 1.807) is 0 Å². The third-order valence-electron chi connectivity index (χ3n) is 6.33. The highest BCUT2D eigenvalue weighted by molar-refractivity contribution is 6.01. The van der Waals surface area contributed by atoms with Crippen LogP contribution in [-0.2, 0) is 10.2 Å². The van der Waals surface area contributed by atoms with Crippen molar-refractivity contribution < 1.29 is 15.7 Å². The third kappa shape index (κ3) is 3.54. The molecule has 1 saturated carbocycles. The first-order chi connectivity index (χ1) is 15.0. The maximum atomic E-state index is 13.2. The smallest absolute Gasteiger partial charge is 0.236 e. The van der Waals surface area contributed by atoms with Crippen molar-refractivity contribution in [2.75, 3.05) is 12.1 Å². The number of hydrogen-bond donors (Lipinski definition) is 1. The molecule has 0 atom stereocenters. The lowest BCUT2D eigenvalue weighted by Crippen LogP contribution is -2.28. The number of ether oxygens (including phenoxy) is 2. The van der Waals surface area contributed by atoms with E-state index in [-0.39, 0.29) is 14.1 Å². The number of benzene rings is 2. The highest BCUT2D eigenvalue weighted by Crippen LogP contribution is 2.51. The van der Waals surface area contributed by atoms with Crippen LogP contribution in [0.3, 0.4) is 0 Å². The number of carbonyl (C=O) groups excluding carboxylic acids is 1. The topological polar surface area (TPSA) is 60.5 Å². The number of aryl methyl sites for hydroxylation is 1. The van der Waals surface area contributed by atoms with Crippen molar-refractivity contribution in [1.29, 1.82) is 0 Å². The van der Waals surface area contributed by atoms with Crippen molar-refractivity contribution in [3.05, 3.63) is 71.4 Å². The van der Waals surface area contributed by atoms with Gasteiger partial charge in [-0.3, -0.25) is 4.79 Å². The molecule has 0 unspecified atom stereocenters. The fourth-order valence-electron chi connectivity index (χ4n) is 4.12. The summed E-state index contributed by atoms with van der Waals surface area (Å²) in [6.07, 6.45) is 3.46. The first kappa shape index (κ1) is 19.6. The Morgan fingerprint density at radius 1 is 1.03 bits per heavy atom. The minimum Gasteiger partial charge on any atom is -0.454 e. The van der Waals surface area contributed by atoms with Crippen LogP contribution in [0.25, 0.3) is 11.1 Å². The molecule has 0 bridgehead atoms. The van der Waals surface area contributed by atoms with E-state index >= 15 is 0 Å². The largest absolute Gasteiger partial charge is 0.454 e. The minimum atomic E-state index is -0.513. The van der Waals surface area contributed by atoms with Gasteiger partial charge in [-0.05, 0) is 66.1 Å². The summed E-state index contributed by atoms with van der Waals surface area (Å²) in [7, 11) is 0. The molecule has 5 heteroatoms. The zero-order chi connectivity index (χ0) is 21.6. The van der Waals surface area contributed by atoms with Crippen LogP contribution in [0.1, 0.15) is 50.7 Å². The van der Waals surface area contributed by atoms with E-state index in [1.807, 2.05) is 31.3 Å². The van der Waals surface area contributed by atoms with Crippen LogP contribution < -0.4 is 14.8 Å². The quantitative estimate of drug-likeness (QED) is 0.569. The fourth-order valence-corrected chi connectivity index (χ4v) is 4.12. The Labute approximate surface area is 183 Å².